The number of fused-ring (bicyclic) bond motifs is 7. The van der Waals surface area contributed by atoms with Crippen LogP contribution in [0, 0.1) is 28.6 Å². The molecule has 164 valence electrons. The molecule has 6 nitrogen and oxygen atoms in total. The van der Waals surface area contributed by atoms with Crippen molar-refractivity contribution >= 4 is 5.78 Å². The summed E-state index contributed by atoms with van der Waals surface area (Å²) >= 11 is 0. The zero-order valence-electron chi connectivity index (χ0n) is 17.9. The van der Waals surface area contributed by atoms with Gasteiger partial charge in [0.1, 0.15) is 12.2 Å². The predicted molar refractivity (Wildman–Crippen MR) is 107 cm³/mol. The summed E-state index contributed by atoms with van der Waals surface area (Å²) in [6.45, 7) is 9.59. The van der Waals surface area contributed by atoms with Crippen LogP contribution in [0.3, 0.4) is 0 Å². The van der Waals surface area contributed by atoms with E-state index in [9.17, 15) is 9.90 Å². The average molecular weight is 417 g/mol. The lowest BCUT2D eigenvalue weighted by atomic mass is 9.44. The molecule has 2 aliphatic heterocycles. The Hall–Kier alpha value is -1.05. The molecule has 2 spiro atoms. The van der Waals surface area contributed by atoms with E-state index in [1.165, 1.54) is 0 Å². The molecule has 1 N–H and O–H groups in total. The van der Waals surface area contributed by atoms with E-state index in [0.717, 1.165) is 36.8 Å². The number of carbonyl (C=O) groups is 1. The molecule has 0 bridgehead atoms. The van der Waals surface area contributed by atoms with Gasteiger partial charge in [0.05, 0.1) is 6.10 Å². The molecule has 30 heavy (non-hydrogen) atoms. The van der Waals surface area contributed by atoms with Gasteiger partial charge in [-0.25, -0.2) is 0 Å². The van der Waals surface area contributed by atoms with E-state index in [2.05, 4.69) is 20.4 Å². The number of rotatable bonds is 0. The van der Waals surface area contributed by atoms with Crippen LogP contribution in [0.1, 0.15) is 52.4 Å². The Bertz CT molecular complexity index is 837. The van der Waals surface area contributed by atoms with Gasteiger partial charge < -0.3 is 24.1 Å². The fraction of sp³-hybridized carbons (Fsp3) is 0.792. The average Bonchev–Trinajstić information content (AvgIpc) is 3.41. The lowest BCUT2D eigenvalue weighted by molar-refractivity contribution is -0.269. The largest absolute Gasteiger partial charge is 0.392 e. The third-order valence-electron chi connectivity index (χ3n) is 10.0. The summed E-state index contributed by atoms with van der Waals surface area (Å²) in [6.07, 6.45) is 6.08. The predicted octanol–water partition coefficient (Wildman–Crippen LogP) is 3.10. The number of ether oxygens (including phenoxy) is 4. The fourth-order valence-electron chi connectivity index (χ4n) is 8.51. The molecule has 5 unspecified atom stereocenters. The number of allylic oxidation sites excluding steroid dienone is 2. The van der Waals surface area contributed by atoms with Crippen LogP contribution < -0.4 is 0 Å². The third kappa shape index (κ3) is 2.06. The molecule has 4 aliphatic carbocycles. The van der Waals surface area contributed by atoms with E-state index < -0.39 is 22.9 Å². The maximum absolute atomic E-state index is 12.2. The van der Waals surface area contributed by atoms with Crippen LogP contribution in [0.15, 0.2) is 23.8 Å². The lowest BCUT2D eigenvalue weighted by Crippen LogP contribution is -2.68. The first-order chi connectivity index (χ1) is 14.3. The van der Waals surface area contributed by atoms with E-state index in [0.29, 0.717) is 31.3 Å². The second-order valence-electron chi connectivity index (χ2n) is 10.8. The van der Waals surface area contributed by atoms with Gasteiger partial charge in [0, 0.05) is 11.8 Å². The number of hydrogen-bond acceptors (Lipinski definition) is 6. The quantitative estimate of drug-likeness (QED) is 0.654. The van der Waals surface area contributed by atoms with Crippen LogP contribution >= 0.6 is 0 Å². The number of ketones is 1. The second-order valence-corrected chi connectivity index (χ2v) is 10.8. The molecule has 0 radical (unpaired) electrons. The van der Waals surface area contributed by atoms with Gasteiger partial charge in [-0.2, -0.15) is 0 Å². The molecule has 3 saturated carbocycles. The molecule has 5 fully saturated rings. The number of aliphatic hydroxyl groups is 1. The molecular weight excluding hydrogens is 384 g/mol. The second kappa shape index (κ2) is 6.04. The topological polar surface area (TPSA) is 74.2 Å². The van der Waals surface area contributed by atoms with Gasteiger partial charge in [-0.1, -0.05) is 26.0 Å². The van der Waals surface area contributed by atoms with Crippen molar-refractivity contribution in [2.45, 2.75) is 69.9 Å². The highest BCUT2D eigenvalue weighted by molar-refractivity contribution is 5.92. The first kappa shape index (κ1) is 19.6. The Labute approximate surface area is 177 Å². The zero-order chi connectivity index (χ0) is 20.9. The molecule has 6 heteroatoms. The molecule has 0 aromatic heterocycles. The summed E-state index contributed by atoms with van der Waals surface area (Å²) < 4.78 is 24.0. The van der Waals surface area contributed by atoms with E-state index in [-0.39, 0.29) is 30.7 Å². The lowest BCUT2D eigenvalue weighted by Gasteiger charge is -2.62. The minimum atomic E-state index is -0.928. The number of carbonyl (C=O) groups excluding carboxylic acids is 1. The van der Waals surface area contributed by atoms with Gasteiger partial charge >= 0.3 is 0 Å². The highest BCUT2D eigenvalue weighted by Gasteiger charge is 2.78. The Morgan fingerprint density at radius 2 is 1.93 bits per heavy atom. The van der Waals surface area contributed by atoms with Crippen molar-refractivity contribution in [3.05, 3.63) is 23.8 Å². The van der Waals surface area contributed by atoms with Crippen LogP contribution in [0.25, 0.3) is 0 Å². The molecular formula is C24H32O6. The maximum Gasteiger partial charge on any atom is 0.226 e. The number of aliphatic hydroxyl groups excluding tert-OH is 1. The van der Waals surface area contributed by atoms with Crippen molar-refractivity contribution in [3.8, 4) is 0 Å². The Morgan fingerprint density at radius 1 is 1.13 bits per heavy atom. The molecule has 0 amide bonds. The smallest absolute Gasteiger partial charge is 0.226 e. The minimum absolute atomic E-state index is 0.0936. The van der Waals surface area contributed by atoms with E-state index in [1.807, 2.05) is 6.08 Å². The van der Waals surface area contributed by atoms with E-state index in [1.54, 1.807) is 0 Å². The van der Waals surface area contributed by atoms with Crippen molar-refractivity contribution in [3.63, 3.8) is 0 Å². The van der Waals surface area contributed by atoms with Gasteiger partial charge in [0.15, 0.2) is 19.4 Å². The van der Waals surface area contributed by atoms with Crippen LogP contribution in [0.5, 0.6) is 0 Å². The summed E-state index contributed by atoms with van der Waals surface area (Å²) in [5.74, 6) is 0.304. The standard InChI is InChI=1S/C24H32O6/c1-14-8-16-17-5-7-23(24(30-13-28-23)11-27-12-29-24)22(17,3)20(26)10-19(16)21(2)6-4-15(25)9-18(14)21/h9,16-17,19-20,26H,1,4-8,10-13H2,2-3H3/t16?,17?,19?,20?,21-,22+,23-,24?/m0/s1. The van der Waals surface area contributed by atoms with Gasteiger partial charge in [0.2, 0.25) is 5.79 Å². The minimum Gasteiger partial charge on any atom is -0.392 e. The molecule has 2 heterocycles. The normalized spacial score (nSPS) is 55.0. The highest BCUT2D eigenvalue weighted by Crippen LogP contribution is 2.71. The van der Waals surface area contributed by atoms with Crippen LogP contribution in [-0.2, 0) is 23.7 Å². The fourth-order valence-corrected chi connectivity index (χ4v) is 8.51. The highest BCUT2D eigenvalue weighted by atomic mass is 16.9. The Morgan fingerprint density at radius 3 is 2.70 bits per heavy atom. The first-order valence-electron chi connectivity index (χ1n) is 11.4. The van der Waals surface area contributed by atoms with Gasteiger partial charge in [-0.15, -0.1) is 0 Å². The summed E-state index contributed by atoms with van der Waals surface area (Å²) in [5, 5.41) is 11.7. The summed E-state index contributed by atoms with van der Waals surface area (Å²) in [5.41, 5.74) is 0.954. The number of hydrogen-bond donors (Lipinski definition) is 1. The molecule has 6 rings (SSSR count). The van der Waals surface area contributed by atoms with Gasteiger partial charge in [-0.3, -0.25) is 4.79 Å². The van der Waals surface area contributed by atoms with Gasteiger partial charge in [0.25, 0.3) is 0 Å². The maximum atomic E-state index is 12.2. The van der Waals surface area contributed by atoms with Crippen LogP contribution in [-0.4, -0.2) is 48.6 Å². The van der Waals surface area contributed by atoms with Crippen molar-refractivity contribution < 1.29 is 28.8 Å². The summed E-state index contributed by atoms with van der Waals surface area (Å²) in [4.78, 5) is 12.2. The Balaban J connectivity index is 1.43. The summed E-state index contributed by atoms with van der Waals surface area (Å²) in [6, 6.07) is 0. The molecule has 0 aromatic rings. The van der Waals surface area contributed by atoms with Crippen molar-refractivity contribution in [2.24, 2.45) is 28.6 Å². The molecule has 8 atom stereocenters. The van der Waals surface area contributed by atoms with Crippen molar-refractivity contribution in [1.82, 2.24) is 0 Å². The van der Waals surface area contributed by atoms with E-state index in [4.69, 9.17) is 18.9 Å². The zero-order valence-corrected chi connectivity index (χ0v) is 17.9. The third-order valence-corrected chi connectivity index (χ3v) is 10.0. The van der Waals surface area contributed by atoms with Crippen LogP contribution in [0.2, 0.25) is 0 Å². The summed E-state index contributed by atoms with van der Waals surface area (Å²) in [7, 11) is 0. The van der Waals surface area contributed by atoms with Crippen molar-refractivity contribution in [1.29, 1.82) is 0 Å². The molecule has 6 aliphatic rings. The van der Waals surface area contributed by atoms with E-state index >= 15 is 0 Å². The van der Waals surface area contributed by atoms with Gasteiger partial charge in [-0.05, 0) is 66.9 Å². The Kier molecular flexibility index (Phi) is 3.95. The van der Waals surface area contributed by atoms with Crippen LogP contribution in [0.4, 0.5) is 0 Å². The monoisotopic (exact) mass is 416 g/mol. The molecule has 2 saturated heterocycles. The van der Waals surface area contributed by atoms with Crippen molar-refractivity contribution in [2.75, 3.05) is 20.2 Å². The SMILES string of the molecule is C=C1CC2C3CC[C@]4(OCOC45COCO5)[C@@]3(C)C(O)CC2[C@@]2(C)CCC(=O)C=C12. The first-order valence-corrected chi connectivity index (χ1v) is 11.4. The molecule has 0 aromatic carbocycles.